The van der Waals surface area contributed by atoms with Gasteiger partial charge in [0.15, 0.2) is 0 Å². The third kappa shape index (κ3) is 4.64. The number of carboxylic acids is 2. The van der Waals surface area contributed by atoms with Crippen molar-refractivity contribution in [2.24, 2.45) is 17.3 Å². The van der Waals surface area contributed by atoms with E-state index in [2.05, 4.69) is 19.2 Å². The molecule has 0 aromatic carbocycles. The highest BCUT2D eigenvalue weighted by atomic mass is 16.4. The SMILES string of the molecule is C[C@@H]1C[C@H](C)CC(CNCC(=O)O)(CC(=O)O)C1. The van der Waals surface area contributed by atoms with Gasteiger partial charge in [-0.15, -0.1) is 0 Å². The van der Waals surface area contributed by atoms with Crippen LogP contribution in [0.5, 0.6) is 0 Å². The van der Waals surface area contributed by atoms with Crippen LogP contribution >= 0.6 is 0 Å². The number of hydrogen-bond acceptors (Lipinski definition) is 3. The molecule has 1 unspecified atom stereocenters. The molecule has 0 radical (unpaired) electrons. The van der Waals surface area contributed by atoms with Crippen LogP contribution < -0.4 is 5.32 Å². The Labute approximate surface area is 108 Å². The predicted octanol–water partition coefficient (Wildman–Crippen LogP) is 1.58. The zero-order valence-electron chi connectivity index (χ0n) is 11.1. The van der Waals surface area contributed by atoms with Crippen molar-refractivity contribution in [2.75, 3.05) is 13.1 Å². The number of rotatable bonds is 6. The van der Waals surface area contributed by atoms with E-state index >= 15 is 0 Å². The smallest absolute Gasteiger partial charge is 0.317 e. The summed E-state index contributed by atoms with van der Waals surface area (Å²) in [6.07, 6.45) is 2.96. The second-order valence-corrected chi connectivity index (χ2v) is 5.92. The fourth-order valence-electron chi connectivity index (χ4n) is 3.52. The Morgan fingerprint density at radius 2 is 1.72 bits per heavy atom. The molecular formula is C13H23NO4. The number of carboxylic acid groups (broad SMARTS) is 2. The lowest BCUT2D eigenvalue weighted by atomic mass is 9.64. The first-order valence-electron chi connectivity index (χ1n) is 6.47. The summed E-state index contributed by atoms with van der Waals surface area (Å²) < 4.78 is 0. The minimum atomic E-state index is -0.905. The average Bonchev–Trinajstić information content (AvgIpc) is 2.12. The van der Waals surface area contributed by atoms with Gasteiger partial charge in [0.05, 0.1) is 13.0 Å². The van der Waals surface area contributed by atoms with Gasteiger partial charge in [-0.25, -0.2) is 0 Å². The zero-order valence-corrected chi connectivity index (χ0v) is 11.1. The summed E-state index contributed by atoms with van der Waals surface area (Å²) in [4.78, 5) is 21.6. The summed E-state index contributed by atoms with van der Waals surface area (Å²) in [5.41, 5.74) is -0.293. The number of nitrogens with one attached hydrogen (secondary N) is 1. The Balaban J connectivity index is 2.67. The maximum atomic E-state index is 11.0. The largest absolute Gasteiger partial charge is 0.481 e. The minimum Gasteiger partial charge on any atom is -0.481 e. The topological polar surface area (TPSA) is 86.6 Å². The van der Waals surface area contributed by atoms with Gasteiger partial charge in [-0.05, 0) is 36.5 Å². The third-order valence-corrected chi connectivity index (χ3v) is 3.67. The van der Waals surface area contributed by atoms with E-state index < -0.39 is 11.9 Å². The van der Waals surface area contributed by atoms with E-state index in [0.29, 0.717) is 18.4 Å². The van der Waals surface area contributed by atoms with Gasteiger partial charge in [0.25, 0.3) is 0 Å². The van der Waals surface area contributed by atoms with Crippen LogP contribution in [0.3, 0.4) is 0 Å². The lowest BCUT2D eigenvalue weighted by molar-refractivity contribution is -0.140. The summed E-state index contributed by atoms with van der Waals surface area (Å²) in [5, 5.41) is 20.6. The highest BCUT2D eigenvalue weighted by Crippen LogP contribution is 2.44. The normalized spacial score (nSPS) is 32.1. The first kappa shape index (κ1) is 15.0. The molecule has 1 rings (SSSR count). The van der Waals surface area contributed by atoms with E-state index in [4.69, 9.17) is 10.2 Å². The van der Waals surface area contributed by atoms with Gasteiger partial charge in [-0.2, -0.15) is 0 Å². The lowest BCUT2D eigenvalue weighted by Crippen LogP contribution is -2.43. The second-order valence-electron chi connectivity index (χ2n) is 5.92. The monoisotopic (exact) mass is 257 g/mol. The van der Waals surface area contributed by atoms with Crippen molar-refractivity contribution in [2.45, 2.75) is 39.5 Å². The van der Waals surface area contributed by atoms with Crippen LogP contribution in [0.15, 0.2) is 0 Å². The van der Waals surface area contributed by atoms with Crippen LogP contribution in [-0.2, 0) is 9.59 Å². The molecule has 0 aromatic heterocycles. The highest BCUT2D eigenvalue weighted by Gasteiger charge is 2.39. The average molecular weight is 257 g/mol. The number of carbonyl (C=O) groups is 2. The standard InChI is InChI=1S/C13H23NO4/c1-9-3-10(2)5-13(4-9,6-11(15)16)8-14-7-12(17)18/h9-10,14H,3-8H2,1-2H3,(H,15,16)(H,17,18)/t9-,10+,13?. The van der Waals surface area contributed by atoms with E-state index in [1.54, 1.807) is 0 Å². The van der Waals surface area contributed by atoms with Crippen LogP contribution in [-0.4, -0.2) is 35.2 Å². The van der Waals surface area contributed by atoms with Gasteiger partial charge in [-0.3, -0.25) is 9.59 Å². The lowest BCUT2D eigenvalue weighted by Gasteiger charge is -2.42. The van der Waals surface area contributed by atoms with E-state index in [9.17, 15) is 9.59 Å². The Kier molecular flexibility index (Phi) is 5.14. The molecule has 3 N–H and O–H groups in total. The molecule has 0 aliphatic heterocycles. The van der Waals surface area contributed by atoms with Gasteiger partial charge in [-0.1, -0.05) is 13.8 Å². The summed E-state index contributed by atoms with van der Waals surface area (Å²) in [6.45, 7) is 4.65. The third-order valence-electron chi connectivity index (χ3n) is 3.67. The fourth-order valence-corrected chi connectivity index (χ4v) is 3.52. The van der Waals surface area contributed by atoms with Crippen LogP contribution in [0, 0.1) is 17.3 Å². The van der Waals surface area contributed by atoms with Crippen molar-refractivity contribution in [3.8, 4) is 0 Å². The molecule has 1 saturated carbocycles. The second kappa shape index (κ2) is 6.18. The summed E-state index contributed by atoms with van der Waals surface area (Å²) in [5.74, 6) is -0.703. The first-order valence-corrected chi connectivity index (χ1v) is 6.47. The number of hydrogen-bond donors (Lipinski definition) is 3. The summed E-state index contributed by atoms with van der Waals surface area (Å²) >= 11 is 0. The molecular weight excluding hydrogens is 234 g/mol. The Hall–Kier alpha value is -1.10. The van der Waals surface area contributed by atoms with Crippen molar-refractivity contribution in [3.63, 3.8) is 0 Å². The zero-order chi connectivity index (χ0) is 13.8. The quantitative estimate of drug-likeness (QED) is 0.672. The minimum absolute atomic E-state index is 0.107. The Morgan fingerprint density at radius 1 is 1.17 bits per heavy atom. The highest BCUT2D eigenvalue weighted by molar-refractivity contribution is 5.69. The van der Waals surface area contributed by atoms with Gasteiger partial charge < -0.3 is 15.5 Å². The van der Waals surface area contributed by atoms with Gasteiger partial charge in [0.2, 0.25) is 0 Å². The van der Waals surface area contributed by atoms with Crippen molar-refractivity contribution < 1.29 is 19.8 Å². The molecule has 5 heteroatoms. The molecule has 1 aliphatic carbocycles. The molecule has 0 saturated heterocycles. The molecule has 0 amide bonds. The molecule has 0 bridgehead atoms. The fraction of sp³-hybridized carbons (Fsp3) is 0.846. The summed E-state index contributed by atoms with van der Waals surface area (Å²) in [7, 11) is 0. The Bertz CT molecular complexity index is 306. The molecule has 0 spiro atoms. The molecule has 0 heterocycles. The predicted molar refractivity (Wildman–Crippen MR) is 67.4 cm³/mol. The maximum absolute atomic E-state index is 11.0. The molecule has 5 nitrogen and oxygen atoms in total. The van der Waals surface area contributed by atoms with Gasteiger partial charge >= 0.3 is 11.9 Å². The van der Waals surface area contributed by atoms with Crippen molar-refractivity contribution in [1.29, 1.82) is 0 Å². The van der Waals surface area contributed by atoms with Crippen LogP contribution in [0.25, 0.3) is 0 Å². The Morgan fingerprint density at radius 3 is 2.17 bits per heavy atom. The molecule has 1 aliphatic rings. The number of aliphatic carboxylic acids is 2. The first-order chi connectivity index (χ1) is 8.33. The van der Waals surface area contributed by atoms with E-state index in [1.807, 2.05) is 0 Å². The van der Waals surface area contributed by atoms with Crippen LogP contribution in [0.1, 0.15) is 39.5 Å². The van der Waals surface area contributed by atoms with E-state index in [1.165, 1.54) is 0 Å². The van der Waals surface area contributed by atoms with Crippen LogP contribution in [0.2, 0.25) is 0 Å². The van der Waals surface area contributed by atoms with Gasteiger partial charge in [0.1, 0.15) is 0 Å². The van der Waals surface area contributed by atoms with E-state index in [0.717, 1.165) is 19.3 Å². The van der Waals surface area contributed by atoms with Gasteiger partial charge in [0, 0.05) is 6.54 Å². The summed E-state index contributed by atoms with van der Waals surface area (Å²) in [6, 6.07) is 0. The van der Waals surface area contributed by atoms with Crippen LogP contribution in [0.4, 0.5) is 0 Å². The molecule has 0 aromatic rings. The molecule has 18 heavy (non-hydrogen) atoms. The molecule has 3 atom stereocenters. The molecule has 104 valence electrons. The van der Waals surface area contributed by atoms with Crippen molar-refractivity contribution in [3.05, 3.63) is 0 Å². The maximum Gasteiger partial charge on any atom is 0.317 e. The molecule has 1 fully saturated rings. The van der Waals surface area contributed by atoms with Crippen molar-refractivity contribution >= 4 is 11.9 Å². The van der Waals surface area contributed by atoms with Crippen molar-refractivity contribution in [1.82, 2.24) is 5.32 Å². The van der Waals surface area contributed by atoms with E-state index in [-0.39, 0.29) is 18.4 Å².